The van der Waals surface area contributed by atoms with Crippen molar-refractivity contribution in [1.82, 2.24) is 20.5 Å². The van der Waals surface area contributed by atoms with Crippen LogP contribution in [0.15, 0.2) is 30.5 Å². The molecule has 0 unspecified atom stereocenters. The molecule has 0 saturated carbocycles. The lowest BCUT2D eigenvalue weighted by Gasteiger charge is -2.19. The van der Waals surface area contributed by atoms with Crippen LogP contribution in [0.25, 0.3) is 0 Å². The average Bonchev–Trinajstić information content (AvgIpc) is 3.10. The summed E-state index contributed by atoms with van der Waals surface area (Å²) >= 11 is 0. The second-order valence-corrected chi connectivity index (χ2v) is 5.25. The Morgan fingerprint density at radius 2 is 1.96 bits per heavy atom. The van der Waals surface area contributed by atoms with Gasteiger partial charge in [-0.25, -0.2) is 4.98 Å². The molecule has 1 aliphatic rings. The van der Waals surface area contributed by atoms with Crippen molar-refractivity contribution < 1.29 is 19.0 Å². The molecule has 24 heavy (non-hydrogen) atoms. The summed E-state index contributed by atoms with van der Waals surface area (Å²) in [6.07, 6.45) is 2.16. The van der Waals surface area contributed by atoms with Gasteiger partial charge in [0.1, 0.15) is 6.10 Å². The summed E-state index contributed by atoms with van der Waals surface area (Å²) < 4.78 is 15.7. The SMILES string of the molecule is COc1ccc([C@H]2OCC[C@@H]2NC(=O)c2ccc(OC)nn2)cn1. The van der Waals surface area contributed by atoms with Gasteiger partial charge in [0.15, 0.2) is 5.69 Å². The third kappa shape index (κ3) is 3.43. The number of amides is 1. The minimum absolute atomic E-state index is 0.156. The van der Waals surface area contributed by atoms with E-state index in [1.165, 1.54) is 7.11 Å². The van der Waals surface area contributed by atoms with Crippen LogP contribution in [0, 0.1) is 0 Å². The predicted molar refractivity (Wildman–Crippen MR) is 83.9 cm³/mol. The van der Waals surface area contributed by atoms with Gasteiger partial charge in [-0.15, -0.1) is 10.2 Å². The first-order valence-electron chi connectivity index (χ1n) is 7.51. The lowest BCUT2D eigenvalue weighted by molar-refractivity contribution is 0.0815. The molecule has 3 rings (SSSR count). The van der Waals surface area contributed by atoms with Crippen molar-refractivity contribution in [2.24, 2.45) is 0 Å². The number of rotatable bonds is 5. The number of methoxy groups -OCH3 is 2. The Balaban J connectivity index is 1.69. The molecule has 0 spiro atoms. The van der Waals surface area contributed by atoms with Crippen molar-refractivity contribution >= 4 is 5.91 Å². The number of hydrogen-bond donors (Lipinski definition) is 1. The van der Waals surface area contributed by atoms with Gasteiger partial charge in [0.2, 0.25) is 11.8 Å². The third-order valence-corrected chi connectivity index (χ3v) is 3.79. The molecule has 1 saturated heterocycles. The number of aromatic nitrogens is 3. The molecule has 0 bridgehead atoms. The van der Waals surface area contributed by atoms with Crippen LogP contribution in [0.4, 0.5) is 0 Å². The summed E-state index contributed by atoms with van der Waals surface area (Å²) in [7, 11) is 3.06. The summed E-state index contributed by atoms with van der Waals surface area (Å²) in [5.74, 6) is 0.593. The highest BCUT2D eigenvalue weighted by Gasteiger charge is 2.31. The number of ether oxygens (including phenoxy) is 3. The first-order valence-corrected chi connectivity index (χ1v) is 7.51. The Morgan fingerprint density at radius 3 is 2.58 bits per heavy atom. The normalized spacial score (nSPS) is 19.8. The van der Waals surface area contributed by atoms with Crippen molar-refractivity contribution in [2.75, 3.05) is 20.8 Å². The van der Waals surface area contributed by atoms with Crippen molar-refractivity contribution in [3.05, 3.63) is 41.7 Å². The van der Waals surface area contributed by atoms with Crippen LogP contribution in [0.1, 0.15) is 28.6 Å². The van der Waals surface area contributed by atoms with E-state index in [1.54, 1.807) is 31.5 Å². The van der Waals surface area contributed by atoms with Crippen LogP contribution in [-0.4, -0.2) is 48.0 Å². The monoisotopic (exact) mass is 330 g/mol. The number of carbonyl (C=O) groups excluding carboxylic acids is 1. The number of carbonyl (C=O) groups is 1. The smallest absolute Gasteiger partial charge is 0.272 e. The molecule has 2 aromatic rings. The highest BCUT2D eigenvalue weighted by atomic mass is 16.5. The average molecular weight is 330 g/mol. The zero-order valence-electron chi connectivity index (χ0n) is 13.4. The van der Waals surface area contributed by atoms with E-state index in [4.69, 9.17) is 14.2 Å². The highest BCUT2D eigenvalue weighted by Crippen LogP contribution is 2.29. The zero-order valence-corrected chi connectivity index (χ0v) is 13.4. The van der Waals surface area contributed by atoms with Crippen LogP contribution < -0.4 is 14.8 Å². The van der Waals surface area contributed by atoms with Crippen LogP contribution >= 0.6 is 0 Å². The van der Waals surface area contributed by atoms with E-state index in [0.29, 0.717) is 24.8 Å². The van der Waals surface area contributed by atoms with Gasteiger partial charge in [-0.2, -0.15) is 0 Å². The first kappa shape index (κ1) is 16.1. The van der Waals surface area contributed by atoms with Gasteiger partial charge in [0, 0.05) is 30.5 Å². The fraction of sp³-hybridized carbons (Fsp3) is 0.375. The third-order valence-electron chi connectivity index (χ3n) is 3.79. The number of nitrogens with one attached hydrogen (secondary N) is 1. The maximum Gasteiger partial charge on any atom is 0.272 e. The molecule has 8 nitrogen and oxygen atoms in total. The fourth-order valence-corrected chi connectivity index (χ4v) is 2.54. The number of nitrogens with zero attached hydrogens (tertiary/aromatic N) is 3. The van der Waals surface area contributed by atoms with Crippen LogP contribution in [0.3, 0.4) is 0 Å². The van der Waals surface area contributed by atoms with E-state index >= 15 is 0 Å². The molecule has 0 radical (unpaired) electrons. The summed E-state index contributed by atoms with van der Waals surface area (Å²) in [6, 6.07) is 6.66. The van der Waals surface area contributed by atoms with E-state index in [1.807, 2.05) is 6.07 Å². The summed E-state index contributed by atoms with van der Waals surface area (Å²) in [6.45, 7) is 0.565. The molecule has 3 heterocycles. The van der Waals surface area contributed by atoms with E-state index in [9.17, 15) is 4.79 Å². The minimum Gasteiger partial charge on any atom is -0.481 e. The highest BCUT2D eigenvalue weighted by molar-refractivity contribution is 5.92. The molecular weight excluding hydrogens is 312 g/mol. The lowest BCUT2D eigenvalue weighted by Crippen LogP contribution is -2.37. The summed E-state index contributed by atoms with van der Waals surface area (Å²) in [5, 5.41) is 10.6. The van der Waals surface area contributed by atoms with E-state index in [-0.39, 0.29) is 23.7 Å². The molecule has 1 N–H and O–H groups in total. The minimum atomic E-state index is -0.299. The quantitative estimate of drug-likeness (QED) is 0.878. The molecule has 1 amide bonds. The molecule has 8 heteroatoms. The van der Waals surface area contributed by atoms with Crippen LogP contribution in [0.2, 0.25) is 0 Å². The van der Waals surface area contributed by atoms with E-state index in [2.05, 4.69) is 20.5 Å². The van der Waals surface area contributed by atoms with Gasteiger partial charge in [0.05, 0.1) is 20.3 Å². The molecule has 2 atom stereocenters. The summed E-state index contributed by atoms with van der Waals surface area (Å²) in [4.78, 5) is 16.5. The predicted octanol–water partition coefficient (Wildman–Crippen LogP) is 1.15. The molecule has 126 valence electrons. The number of hydrogen-bond acceptors (Lipinski definition) is 7. The Morgan fingerprint density at radius 1 is 1.17 bits per heavy atom. The van der Waals surface area contributed by atoms with Crippen LogP contribution in [0.5, 0.6) is 11.8 Å². The van der Waals surface area contributed by atoms with Gasteiger partial charge in [-0.3, -0.25) is 4.79 Å². The molecular formula is C16H18N4O4. The molecule has 0 aliphatic carbocycles. The zero-order chi connectivity index (χ0) is 16.9. The molecule has 0 aromatic carbocycles. The maximum absolute atomic E-state index is 12.3. The van der Waals surface area contributed by atoms with Gasteiger partial charge < -0.3 is 19.5 Å². The largest absolute Gasteiger partial charge is 0.481 e. The molecule has 1 fully saturated rings. The van der Waals surface area contributed by atoms with Gasteiger partial charge in [-0.1, -0.05) is 0 Å². The number of pyridine rings is 1. The molecule has 2 aromatic heterocycles. The van der Waals surface area contributed by atoms with Crippen molar-refractivity contribution in [2.45, 2.75) is 18.6 Å². The van der Waals surface area contributed by atoms with Crippen molar-refractivity contribution in [3.8, 4) is 11.8 Å². The molecule has 1 aliphatic heterocycles. The Kier molecular flexibility index (Phi) is 4.85. The Hall–Kier alpha value is -2.74. The van der Waals surface area contributed by atoms with E-state index in [0.717, 1.165) is 5.56 Å². The second-order valence-electron chi connectivity index (χ2n) is 5.25. The lowest BCUT2D eigenvalue weighted by atomic mass is 10.0. The van der Waals surface area contributed by atoms with Crippen LogP contribution in [-0.2, 0) is 4.74 Å². The van der Waals surface area contributed by atoms with Gasteiger partial charge >= 0.3 is 0 Å². The summed E-state index contributed by atoms with van der Waals surface area (Å²) in [5.41, 5.74) is 1.12. The fourth-order valence-electron chi connectivity index (χ4n) is 2.54. The Labute approximate surface area is 139 Å². The Bertz CT molecular complexity index is 690. The topological polar surface area (TPSA) is 95.5 Å². The van der Waals surface area contributed by atoms with Gasteiger partial charge in [0.25, 0.3) is 5.91 Å². The first-order chi connectivity index (χ1) is 11.7. The van der Waals surface area contributed by atoms with Crippen molar-refractivity contribution in [3.63, 3.8) is 0 Å². The van der Waals surface area contributed by atoms with Gasteiger partial charge in [-0.05, 0) is 18.6 Å². The van der Waals surface area contributed by atoms with E-state index < -0.39 is 0 Å². The second kappa shape index (κ2) is 7.22. The maximum atomic E-state index is 12.3. The standard InChI is InChI=1S/C16H18N4O4/c1-22-13-5-3-10(9-17-13)15-11(7-8-24-15)18-16(21)12-4-6-14(23-2)20-19-12/h3-6,9,11,15H,7-8H2,1-2H3,(H,18,21)/t11-,15+/m0/s1. The van der Waals surface area contributed by atoms with Crippen molar-refractivity contribution in [1.29, 1.82) is 0 Å².